The molecular formula is C29H50O. The molecule has 0 amide bonds. The van der Waals surface area contributed by atoms with Crippen LogP contribution in [0, 0.1) is 11.8 Å². The van der Waals surface area contributed by atoms with Crippen LogP contribution in [-0.2, 0) is 6.42 Å². The molecule has 0 radical (unpaired) electrons. The molecule has 1 heteroatoms. The number of aryl methyl sites for hydroxylation is 1. The van der Waals surface area contributed by atoms with Crippen molar-refractivity contribution in [3.8, 4) is 5.75 Å². The Morgan fingerprint density at radius 3 is 1.80 bits per heavy atom. The van der Waals surface area contributed by atoms with Gasteiger partial charge in [0.15, 0.2) is 0 Å². The maximum absolute atomic E-state index is 6.00. The highest BCUT2D eigenvalue weighted by molar-refractivity contribution is 5.27. The largest absolute Gasteiger partial charge is 0.494 e. The number of hydrogen-bond donors (Lipinski definition) is 0. The van der Waals surface area contributed by atoms with Crippen LogP contribution in [0.2, 0.25) is 0 Å². The molecule has 1 saturated carbocycles. The molecule has 0 N–H and O–H groups in total. The summed E-state index contributed by atoms with van der Waals surface area (Å²) in [5.41, 5.74) is 1.45. The molecule has 1 aromatic rings. The van der Waals surface area contributed by atoms with Crippen LogP contribution < -0.4 is 4.74 Å². The van der Waals surface area contributed by atoms with Crippen molar-refractivity contribution >= 4 is 0 Å². The van der Waals surface area contributed by atoms with Crippen molar-refractivity contribution in [2.75, 3.05) is 6.61 Å². The van der Waals surface area contributed by atoms with Gasteiger partial charge in [0, 0.05) is 0 Å². The van der Waals surface area contributed by atoms with Crippen LogP contribution in [0.15, 0.2) is 24.3 Å². The van der Waals surface area contributed by atoms with E-state index in [9.17, 15) is 0 Å². The van der Waals surface area contributed by atoms with E-state index in [4.69, 9.17) is 4.74 Å². The summed E-state index contributed by atoms with van der Waals surface area (Å²) in [6.07, 6.45) is 25.2. The van der Waals surface area contributed by atoms with Gasteiger partial charge in [-0.1, -0.05) is 116 Å². The van der Waals surface area contributed by atoms with E-state index in [2.05, 4.69) is 38.1 Å². The minimum Gasteiger partial charge on any atom is -0.494 e. The summed E-state index contributed by atoms with van der Waals surface area (Å²) in [5, 5.41) is 0. The van der Waals surface area contributed by atoms with E-state index < -0.39 is 0 Å². The molecule has 0 saturated heterocycles. The highest BCUT2D eigenvalue weighted by Crippen LogP contribution is 2.34. The lowest BCUT2D eigenvalue weighted by molar-refractivity contribution is 0.228. The van der Waals surface area contributed by atoms with Gasteiger partial charge in [-0.05, 0) is 55.2 Å². The van der Waals surface area contributed by atoms with Gasteiger partial charge in [-0.2, -0.15) is 0 Å². The smallest absolute Gasteiger partial charge is 0.119 e. The van der Waals surface area contributed by atoms with Crippen LogP contribution in [0.5, 0.6) is 5.75 Å². The molecule has 2 rings (SSSR count). The molecule has 0 unspecified atom stereocenters. The molecule has 1 nitrogen and oxygen atoms in total. The second-order valence-electron chi connectivity index (χ2n) is 9.89. The average molecular weight is 415 g/mol. The van der Waals surface area contributed by atoms with E-state index in [1.165, 1.54) is 121 Å². The van der Waals surface area contributed by atoms with Gasteiger partial charge in [0.1, 0.15) is 5.75 Å². The molecule has 0 aliphatic heterocycles. The molecule has 0 atom stereocenters. The first-order valence-corrected chi connectivity index (χ1v) is 13.5. The zero-order valence-electron chi connectivity index (χ0n) is 20.3. The summed E-state index contributed by atoms with van der Waals surface area (Å²) in [5.74, 6) is 3.04. The Labute approximate surface area is 188 Å². The first-order chi connectivity index (χ1) is 14.8. The van der Waals surface area contributed by atoms with Crippen LogP contribution in [0.1, 0.15) is 129 Å². The minimum absolute atomic E-state index is 0.882. The van der Waals surface area contributed by atoms with Crippen molar-refractivity contribution < 1.29 is 4.74 Å². The van der Waals surface area contributed by atoms with E-state index >= 15 is 0 Å². The molecule has 1 aliphatic carbocycles. The zero-order chi connectivity index (χ0) is 21.3. The van der Waals surface area contributed by atoms with Gasteiger partial charge >= 0.3 is 0 Å². The van der Waals surface area contributed by atoms with Gasteiger partial charge in [-0.15, -0.1) is 0 Å². The standard InChI is InChI=1S/C29H50O/c1-3-5-7-8-9-10-12-15-26-17-19-28(20-18-26)16-13-25-30-29-23-21-27(22-24-29)14-11-6-4-2/h21-24,26,28H,3-20,25H2,1-2H3/t26-,28-. The molecule has 30 heavy (non-hydrogen) atoms. The Bertz CT molecular complexity index is 498. The lowest BCUT2D eigenvalue weighted by atomic mass is 9.78. The van der Waals surface area contributed by atoms with Crippen LogP contribution in [0.3, 0.4) is 0 Å². The van der Waals surface area contributed by atoms with E-state index in [0.717, 1.165) is 24.2 Å². The molecular weight excluding hydrogens is 364 g/mol. The summed E-state index contributed by atoms with van der Waals surface area (Å²) < 4.78 is 6.00. The Kier molecular flexibility index (Phi) is 14.1. The van der Waals surface area contributed by atoms with Crippen molar-refractivity contribution in [3.63, 3.8) is 0 Å². The highest BCUT2D eigenvalue weighted by atomic mass is 16.5. The van der Waals surface area contributed by atoms with Crippen LogP contribution in [0.25, 0.3) is 0 Å². The quantitative estimate of drug-likeness (QED) is 0.231. The zero-order valence-corrected chi connectivity index (χ0v) is 20.3. The van der Waals surface area contributed by atoms with E-state index in [-0.39, 0.29) is 0 Å². The summed E-state index contributed by atoms with van der Waals surface area (Å²) >= 11 is 0. The lowest BCUT2D eigenvalue weighted by Crippen LogP contribution is -2.15. The molecule has 1 aromatic carbocycles. The molecule has 172 valence electrons. The minimum atomic E-state index is 0.882. The van der Waals surface area contributed by atoms with Crippen LogP contribution in [-0.4, -0.2) is 6.61 Å². The van der Waals surface area contributed by atoms with E-state index in [1.54, 1.807) is 0 Å². The third-order valence-corrected chi connectivity index (χ3v) is 7.20. The number of rotatable bonds is 17. The molecule has 0 bridgehead atoms. The predicted molar refractivity (Wildman–Crippen MR) is 132 cm³/mol. The van der Waals surface area contributed by atoms with Gasteiger partial charge < -0.3 is 4.74 Å². The van der Waals surface area contributed by atoms with Crippen LogP contribution >= 0.6 is 0 Å². The maximum atomic E-state index is 6.00. The first kappa shape index (κ1) is 25.3. The summed E-state index contributed by atoms with van der Waals surface area (Å²) in [4.78, 5) is 0. The summed E-state index contributed by atoms with van der Waals surface area (Å²) in [6, 6.07) is 8.82. The fourth-order valence-electron chi connectivity index (χ4n) is 5.09. The number of benzene rings is 1. The average Bonchev–Trinajstić information content (AvgIpc) is 2.78. The fourth-order valence-corrected chi connectivity index (χ4v) is 5.09. The fraction of sp³-hybridized carbons (Fsp3) is 0.793. The summed E-state index contributed by atoms with van der Waals surface area (Å²) in [6.45, 7) is 5.45. The molecule has 1 aliphatic rings. The van der Waals surface area contributed by atoms with Gasteiger partial charge in [-0.25, -0.2) is 0 Å². The third-order valence-electron chi connectivity index (χ3n) is 7.20. The van der Waals surface area contributed by atoms with Gasteiger partial charge in [0.2, 0.25) is 0 Å². The Morgan fingerprint density at radius 1 is 0.633 bits per heavy atom. The Hall–Kier alpha value is -0.980. The highest BCUT2D eigenvalue weighted by Gasteiger charge is 2.20. The number of unbranched alkanes of at least 4 members (excludes halogenated alkanes) is 8. The van der Waals surface area contributed by atoms with E-state index in [0.29, 0.717) is 0 Å². The normalized spacial score (nSPS) is 19.1. The van der Waals surface area contributed by atoms with Crippen LogP contribution in [0.4, 0.5) is 0 Å². The third kappa shape index (κ3) is 11.4. The number of ether oxygens (including phenoxy) is 1. The van der Waals surface area contributed by atoms with Gasteiger partial charge in [0.05, 0.1) is 6.61 Å². The second-order valence-corrected chi connectivity index (χ2v) is 9.89. The van der Waals surface area contributed by atoms with Gasteiger partial charge in [0.25, 0.3) is 0 Å². The SMILES string of the molecule is CCCCCCCCC[C@H]1CC[C@H](CCCOc2ccc(CCCCC)cc2)CC1. The molecule has 0 spiro atoms. The predicted octanol–water partition coefficient (Wildman–Crippen LogP) is 9.53. The Balaban J connectivity index is 1.45. The van der Waals surface area contributed by atoms with E-state index in [1.807, 2.05) is 0 Å². The second kappa shape index (κ2) is 16.7. The number of hydrogen-bond acceptors (Lipinski definition) is 1. The van der Waals surface area contributed by atoms with Crippen molar-refractivity contribution in [2.45, 2.75) is 129 Å². The monoisotopic (exact) mass is 414 g/mol. The lowest BCUT2D eigenvalue weighted by Gasteiger charge is -2.28. The molecule has 0 aromatic heterocycles. The van der Waals surface area contributed by atoms with Crippen molar-refractivity contribution in [1.82, 2.24) is 0 Å². The van der Waals surface area contributed by atoms with Crippen molar-refractivity contribution in [2.24, 2.45) is 11.8 Å². The van der Waals surface area contributed by atoms with Crippen molar-refractivity contribution in [1.29, 1.82) is 0 Å². The molecule has 0 heterocycles. The van der Waals surface area contributed by atoms with Crippen molar-refractivity contribution in [3.05, 3.63) is 29.8 Å². The maximum Gasteiger partial charge on any atom is 0.119 e. The first-order valence-electron chi connectivity index (χ1n) is 13.5. The Morgan fingerprint density at radius 2 is 1.17 bits per heavy atom. The summed E-state index contributed by atoms with van der Waals surface area (Å²) in [7, 11) is 0. The molecule has 1 fully saturated rings. The topological polar surface area (TPSA) is 9.23 Å². The van der Waals surface area contributed by atoms with Gasteiger partial charge in [-0.3, -0.25) is 0 Å².